The molecule has 5 nitrogen and oxygen atoms in total. The van der Waals surface area contributed by atoms with Crippen LogP contribution < -0.4 is 5.32 Å². The first-order chi connectivity index (χ1) is 8.29. The van der Waals surface area contributed by atoms with E-state index in [9.17, 15) is 0 Å². The molecule has 0 radical (unpaired) electrons. The molecule has 0 amide bonds. The Labute approximate surface area is 102 Å². The van der Waals surface area contributed by atoms with Gasteiger partial charge in [-0.1, -0.05) is 0 Å². The summed E-state index contributed by atoms with van der Waals surface area (Å²) in [6, 6.07) is 0.540. The quantitative estimate of drug-likeness (QED) is 0.667. The molecule has 0 aromatic carbocycles. The van der Waals surface area contributed by atoms with Crippen LogP contribution in [0.25, 0.3) is 0 Å². The minimum Gasteiger partial charge on any atom is -0.394 e. The summed E-state index contributed by atoms with van der Waals surface area (Å²) in [4.78, 5) is 0. The SMILES string of the molecule is CC(Nc1cnn(CCOCCO)c1)C1CC1. The topological polar surface area (TPSA) is 59.3 Å². The van der Waals surface area contributed by atoms with Gasteiger partial charge in [0.15, 0.2) is 0 Å². The van der Waals surface area contributed by atoms with Crippen molar-refractivity contribution in [1.82, 2.24) is 9.78 Å². The fourth-order valence-electron chi connectivity index (χ4n) is 1.86. The summed E-state index contributed by atoms with van der Waals surface area (Å²) in [5, 5.41) is 16.3. The molecule has 1 unspecified atom stereocenters. The van der Waals surface area contributed by atoms with Gasteiger partial charge < -0.3 is 15.2 Å². The van der Waals surface area contributed by atoms with Crippen molar-refractivity contribution in [3.05, 3.63) is 12.4 Å². The van der Waals surface area contributed by atoms with Gasteiger partial charge in [0.05, 0.1) is 38.2 Å². The molecular formula is C12H21N3O2. The van der Waals surface area contributed by atoms with Crippen molar-refractivity contribution in [2.75, 3.05) is 25.1 Å². The summed E-state index contributed by atoms with van der Waals surface area (Å²) in [5.41, 5.74) is 1.08. The number of aromatic nitrogens is 2. The monoisotopic (exact) mass is 239 g/mol. The average molecular weight is 239 g/mol. The van der Waals surface area contributed by atoms with Gasteiger partial charge in [-0.25, -0.2) is 0 Å². The number of anilines is 1. The lowest BCUT2D eigenvalue weighted by Crippen LogP contribution is -2.16. The zero-order chi connectivity index (χ0) is 12.1. The van der Waals surface area contributed by atoms with E-state index in [0.29, 0.717) is 19.3 Å². The number of aliphatic hydroxyl groups excluding tert-OH is 1. The molecular weight excluding hydrogens is 218 g/mol. The minimum atomic E-state index is 0.0742. The second kappa shape index (κ2) is 6.02. The van der Waals surface area contributed by atoms with Crippen LogP contribution in [0.15, 0.2) is 12.4 Å². The van der Waals surface area contributed by atoms with Crippen molar-refractivity contribution in [1.29, 1.82) is 0 Å². The molecule has 2 N–H and O–H groups in total. The molecule has 2 rings (SSSR count). The highest BCUT2D eigenvalue weighted by Crippen LogP contribution is 2.33. The van der Waals surface area contributed by atoms with E-state index < -0.39 is 0 Å². The summed E-state index contributed by atoms with van der Waals surface area (Å²) in [7, 11) is 0. The number of hydrogen-bond acceptors (Lipinski definition) is 4. The van der Waals surface area contributed by atoms with Crippen LogP contribution in [-0.4, -0.2) is 40.7 Å². The first kappa shape index (κ1) is 12.4. The first-order valence-corrected chi connectivity index (χ1v) is 6.27. The summed E-state index contributed by atoms with van der Waals surface area (Å²) < 4.78 is 7.05. The molecule has 0 bridgehead atoms. The molecule has 1 fully saturated rings. The van der Waals surface area contributed by atoms with Crippen LogP contribution in [0.5, 0.6) is 0 Å². The number of rotatable bonds is 8. The van der Waals surface area contributed by atoms with Gasteiger partial charge in [-0.15, -0.1) is 0 Å². The molecule has 0 spiro atoms. The van der Waals surface area contributed by atoms with Gasteiger partial charge in [-0.2, -0.15) is 5.10 Å². The van der Waals surface area contributed by atoms with Gasteiger partial charge in [0, 0.05) is 12.2 Å². The highest BCUT2D eigenvalue weighted by molar-refractivity contribution is 5.39. The van der Waals surface area contributed by atoms with E-state index in [2.05, 4.69) is 17.3 Å². The van der Waals surface area contributed by atoms with Gasteiger partial charge in [0.1, 0.15) is 0 Å². The van der Waals surface area contributed by atoms with Gasteiger partial charge in [-0.3, -0.25) is 4.68 Å². The van der Waals surface area contributed by atoms with E-state index in [1.165, 1.54) is 12.8 Å². The molecule has 0 aliphatic heterocycles. The van der Waals surface area contributed by atoms with Crippen molar-refractivity contribution < 1.29 is 9.84 Å². The van der Waals surface area contributed by atoms with Gasteiger partial charge >= 0.3 is 0 Å². The number of nitrogens with zero attached hydrogens (tertiary/aromatic N) is 2. The van der Waals surface area contributed by atoms with Crippen LogP contribution in [-0.2, 0) is 11.3 Å². The molecule has 1 aliphatic rings. The fourth-order valence-corrected chi connectivity index (χ4v) is 1.86. The van der Waals surface area contributed by atoms with Crippen LogP contribution in [0, 0.1) is 5.92 Å². The zero-order valence-electron chi connectivity index (χ0n) is 10.3. The molecule has 1 aromatic heterocycles. The van der Waals surface area contributed by atoms with Crippen molar-refractivity contribution in [2.24, 2.45) is 5.92 Å². The van der Waals surface area contributed by atoms with Crippen LogP contribution >= 0.6 is 0 Å². The Morgan fingerprint density at radius 2 is 2.41 bits per heavy atom. The third-order valence-corrected chi connectivity index (χ3v) is 3.06. The highest BCUT2D eigenvalue weighted by Gasteiger charge is 2.27. The molecule has 1 heterocycles. The maximum Gasteiger partial charge on any atom is 0.0728 e. The summed E-state index contributed by atoms with van der Waals surface area (Å²) in [5.74, 6) is 0.839. The maximum absolute atomic E-state index is 8.57. The second-order valence-electron chi connectivity index (χ2n) is 4.60. The predicted molar refractivity (Wildman–Crippen MR) is 65.9 cm³/mol. The van der Waals surface area contributed by atoms with Crippen LogP contribution in [0.4, 0.5) is 5.69 Å². The second-order valence-corrected chi connectivity index (χ2v) is 4.60. The molecule has 1 aliphatic carbocycles. The summed E-state index contributed by atoms with van der Waals surface area (Å²) in [6.07, 6.45) is 6.54. The van der Waals surface area contributed by atoms with E-state index in [4.69, 9.17) is 9.84 Å². The van der Waals surface area contributed by atoms with Crippen molar-refractivity contribution in [3.63, 3.8) is 0 Å². The van der Waals surface area contributed by atoms with E-state index in [1.54, 1.807) is 0 Å². The Hall–Kier alpha value is -1.07. The Balaban J connectivity index is 1.71. The summed E-state index contributed by atoms with van der Waals surface area (Å²) >= 11 is 0. The molecule has 1 saturated carbocycles. The Morgan fingerprint density at radius 1 is 1.59 bits per heavy atom. The molecule has 17 heavy (non-hydrogen) atoms. The largest absolute Gasteiger partial charge is 0.394 e. The lowest BCUT2D eigenvalue weighted by molar-refractivity contribution is 0.0854. The Kier molecular flexibility index (Phi) is 4.39. The zero-order valence-corrected chi connectivity index (χ0v) is 10.3. The van der Waals surface area contributed by atoms with Gasteiger partial charge in [-0.05, 0) is 25.7 Å². The standard InChI is InChI=1S/C12H21N3O2/c1-10(11-2-3-11)14-12-8-13-15(9-12)4-6-17-7-5-16/h8-11,14,16H,2-7H2,1H3. The Morgan fingerprint density at radius 3 is 3.12 bits per heavy atom. The van der Waals surface area contributed by atoms with Crippen LogP contribution in [0.1, 0.15) is 19.8 Å². The normalized spacial score (nSPS) is 17.1. The maximum atomic E-state index is 8.57. The molecule has 0 saturated heterocycles. The van der Waals surface area contributed by atoms with Crippen LogP contribution in [0.2, 0.25) is 0 Å². The van der Waals surface area contributed by atoms with E-state index in [-0.39, 0.29) is 6.61 Å². The van der Waals surface area contributed by atoms with E-state index in [0.717, 1.165) is 18.2 Å². The number of ether oxygens (including phenoxy) is 1. The molecule has 5 heteroatoms. The number of aliphatic hydroxyl groups is 1. The van der Waals surface area contributed by atoms with E-state index in [1.807, 2.05) is 17.1 Å². The van der Waals surface area contributed by atoms with Gasteiger partial charge in [0.2, 0.25) is 0 Å². The molecule has 1 atom stereocenters. The van der Waals surface area contributed by atoms with Crippen molar-refractivity contribution >= 4 is 5.69 Å². The van der Waals surface area contributed by atoms with E-state index >= 15 is 0 Å². The fraction of sp³-hybridized carbons (Fsp3) is 0.750. The average Bonchev–Trinajstić information content (AvgIpc) is 3.08. The minimum absolute atomic E-state index is 0.0742. The predicted octanol–water partition coefficient (Wildman–Crippen LogP) is 1.10. The van der Waals surface area contributed by atoms with Crippen molar-refractivity contribution in [2.45, 2.75) is 32.4 Å². The lowest BCUT2D eigenvalue weighted by Gasteiger charge is -2.11. The number of nitrogens with one attached hydrogen (secondary N) is 1. The van der Waals surface area contributed by atoms with Crippen molar-refractivity contribution in [3.8, 4) is 0 Å². The van der Waals surface area contributed by atoms with Crippen LogP contribution in [0.3, 0.4) is 0 Å². The number of hydrogen-bond donors (Lipinski definition) is 2. The first-order valence-electron chi connectivity index (χ1n) is 6.27. The Bertz CT molecular complexity index is 336. The van der Waals surface area contributed by atoms with Gasteiger partial charge in [0.25, 0.3) is 0 Å². The third-order valence-electron chi connectivity index (χ3n) is 3.06. The smallest absolute Gasteiger partial charge is 0.0728 e. The third kappa shape index (κ3) is 4.02. The molecule has 96 valence electrons. The summed E-state index contributed by atoms with van der Waals surface area (Å²) in [6.45, 7) is 3.99. The molecule has 1 aromatic rings. The highest BCUT2D eigenvalue weighted by atomic mass is 16.5. The lowest BCUT2D eigenvalue weighted by atomic mass is 10.2.